The zero-order valence-electron chi connectivity index (χ0n) is 13.8. The van der Waals surface area contributed by atoms with Crippen LogP contribution in [0.3, 0.4) is 0 Å². The molecule has 4 aliphatic carbocycles. The number of amides is 1. The van der Waals surface area contributed by atoms with Crippen LogP contribution in [-0.2, 0) is 9.53 Å². The molecule has 4 heteroatoms. The van der Waals surface area contributed by atoms with Gasteiger partial charge < -0.3 is 15.0 Å². The fraction of sp³-hybridized carbons (Fsp3) is 0.944. The Morgan fingerprint density at radius 2 is 1.64 bits per heavy atom. The van der Waals surface area contributed by atoms with Gasteiger partial charge in [-0.3, -0.25) is 4.79 Å². The SMILES string of the molecule is CN(C(=O)COC1CCNCC1)C1C2CC3CC(C2)CC1C3. The summed E-state index contributed by atoms with van der Waals surface area (Å²) in [7, 11) is 2.03. The van der Waals surface area contributed by atoms with Crippen molar-refractivity contribution in [1.82, 2.24) is 10.2 Å². The first-order valence-electron chi connectivity index (χ1n) is 9.28. The number of likely N-dealkylation sites (N-methyl/N-ethyl adjacent to an activating group) is 1. The zero-order valence-corrected chi connectivity index (χ0v) is 13.8. The minimum Gasteiger partial charge on any atom is -0.368 e. The quantitative estimate of drug-likeness (QED) is 0.864. The van der Waals surface area contributed by atoms with Crippen molar-refractivity contribution in [3.8, 4) is 0 Å². The summed E-state index contributed by atoms with van der Waals surface area (Å²) in [4.78, 5) is 14.7. The number of hydrogen-bond acceptors (Lipinski definition) is 3. The first kappa shape index (κ1) is 14.9. The lowest BCUT2D eigenvalue weighted by Crippen LogP contribution is -2.56. The summed E-state index contributed by atoms with van der Waals surface area (Å²) in [6, 6.07) is 0.497. The Labute approximate surface area is 134 Å². The predicted octanol–water partition coefficient (Wildman–Crippen LogP) is 2.04. The van der Waals surface area contributed by atoms with E-state index in [4.69, 9.17) is 4.74 Å². The third kappa shape index (κ3) is 2.80. The Bertz CT molecular complexity index is 391. The molecule has 5 rings (SSSR count). The highest BCUT2D eigenvalue weighted by Crippen LogP contribution is 2.54. The lowest BCUT2D eigenvalue weighted by atomic mass is 9.54. The van der Waals surface area contributed by atoms with Crippen molar-refractivity contribution in [3.05, 3.63) is 0 Å². The lowest BCUT2D eigenvalue weighted by Gasteiger charge is -2.56. The molecule has 0 unspecified atom stereocenters. The molecule has 0 atom stereocenters. The minimum absolute atomic E-state index is 0.205. The molecule has 1 aliphatic heterocycles. The molecule has 1 heterocycles. The van der Waals surface area contributed by atoms with E-state index in [2.05, 4.69) is 10.2 Å². The minimum atomic E-state index is 0.205. The van der Waals surface area contributed by atoms with E-state index in [1.165, 1.54) is 32.1 Å². The van der Waals surface area contributed by atoms with Crippen LogP contribution in [0.5, 0.6) is 0 Å². The van der Waals surface area contributed by atoms with Gasteiger partial charge in [-0.15, -0.1) is 0 Å². The van der Waals surface area contributed by atoms with Crippen LogP contribution in [0.2, 0.25) is 0 Å². The molecule has 4 bridgehead atoms. The van der Waals surface area contributed by atoms with Gasteiger partial charge in [0.25, 0.3) is 0 Å². The first-order valence-corrected chi connectivity index (χ1v) is 9.28. The monoisotopic (exact) mass is 306 g/mol. The highest BCUT2D eigenvalue weighted by Gasteiger charge is 2.50. The summed E-state index contributed by atoms with van der Waals surface area (Å²) in [6.07, 6.45) is 9.28. The summed E-state index contributed by atoms with van der Waals surface area (Å²) >= 11 is 0. The predicted molar refractivity (Wildman–Crippen MR) is 85.4 cm³/mol. The number of ether oxygens (including phenoxy) is 1. The van der Waals surface area contributed by atoms with Crippen molar-refractivity contribution in [1.29, 1.82) is 0 Å². The lowest BCUT2D eigenvalue weighted by molar-refractivity contribution is -0.148. The smallest absolute Gasteiger partial charge is 0.248 e. The van der Waals surface area contributed by atoms with E-state index in [9.17, 15) is 4.79 Å². The second-order valence-corrected chi connectivity index (χ2v) is 8.19. The molecule has 4 nitrogen and oxygen atoms in total. The maximum atomic E-state index is 12.6. The van der Waals surface area contributed by atoms with E-state index in [1.807, 2.05) is 7.05 Å². The highest BCUT2D eigenvalue weighted by molar-refractivity contribution is 5.77. The van der Waals surface area contributed by atoms with E-state index in [0.29, 0.717) is 6.04 Å². The summed E-state index contributed by atoms with van der Waals surface area (Å²) in [5, 5.41) is 3.34. The molecule has 5 fully saturated rings. The summed E-state index contributed by atoms with van der Waals surface area (Å²) in [5.74, 6) is 3.67. The topological polar surface area (TPSA) is 41.6 Å². The Kier molecular flexibility index (Phi) is 4.16. The number of nitrogens with zero attached hydrogens (tertiary/aromatic N) is 1. The average Bonchev–Trinajstić information content (AvgIpc) is 2.52. The number of carbonyl (C=O) groups excluding carboxylic acids is 1. The van der Waals surface area contributed by atoms with Gasteiger partial charge in [0.2, 0.25) is 5.91 Å². The standard InChI is InChI=1S/C18H30N2O2/c1-20(17(21)11-22-16-2-4-19-5-3-16)18-14-7-12-6-13(9-14)10-15(18)8-12/h12-16,18-19H,2-11H2,1H3. The van der Waals surface area contributed by atoms with Gasteiger partial charge in [0, 0.05) is 13.1 Å². The number of rotatable bonds is 4. The Hall–Kier alpha value is -0.610. The Morgan fingerprint density at radius 3 is 2.23 bits per heavy atom. The molecule has 0 spiro atoms. The molecule has 1 amide bonds. The van der Waals surface area contributed by atoms with Crippen LogP contribution in [0.15, 0.2) is 0 Å². The normalized spacial score (nSPS) is 40.9. The van der Waals surface area contributed by atoms with Crippen LogP contribution >= 0.6 is 0 Å². The fourth-order valence-corrected chi connectivity index (χ4v) is 5.95. The van der Waals surface area contributed by atoms with Crippen LogP contribution in [0.4, 0.5) is 0 Å². The number of piperidine rings is 1. The molecule has 0 aromatic carbocycles. The van der Waals surface area contributed by atoms with Gasteiger partial charge in [-0.1, -0.05) is 0 Å². The van der Waals surface area contributed by atoms with Gasteiger partial charge in [-0.05, 0) is 81.7 Å². The maximum Gasteiger partial charge on any atom is 0.248 e. The van der Waals surface area contributed by atoms with E-state index >= 15 is 0 Å². The van der Waals surface area contributed by atoms with Crippen molar-refractivity contribution in [3.63, 3.8) is 0 Å². The van der Waals surface area contributed by atoms with Gasteiger partial charge in [-0.25, -0.2) is 0 Å². The molecular formula is C18H30N2O2. The number of hydrogen-bond donors (Lipinski definition) is 1. The van der Waals surface area contributed by atoms with Crippen molar-refractivity contribution >= 4 is 5.91 Å². The molecule has 5 aliphatic rings. The van der Waals surface area contributed by atoms with Crippen molar-refractivity contribution in [2.24, 2.45) is 23.7 Å². The van der Waals surface area contributed by atoms with Crippen LogP contribution in [0.25, 0.3) is 0 Å². The molecule has 0 aromatic heterocycles. The molecule has 0 aromatic rings. The molecule has 1 saturated heterocycles. The fourth-order valence-electron chi connectivity index (χ4n) is 5.95. The van der Waals surface area contributed by atoms with Gasteiger partial charge in [0.1, 0.15) is 6.61 Å². The zero-order chi connectivity index (χ0) is 15.1. The van der Waals surface area contributed by atoms with E-state index in [0.717, 1.165) is 49.6 Å². The van der Waals surface area contributed by atoms with Gasteiger partial charge >= 0.3 is 0 Å². The summed E-state index contributed by atoms with van der Waals surface area (Å²) < 4.78 is 5.88. The van der Waals surface area contributed by atoms with Gasteiger partial charge in [-0.2, -0.15) is 0 Å². The Balaban J connectivity index is 1.33. The van der Waals surface area contributed by atoms with E-state index in [-0.39, 0.29) is 18.6 Å². The molecule has 124 valence electrons. The van der Waals surface area contributed by atoms with Crippen LogP contribution in [0, 0.1) is 23.7 Å². The number of carbonyl (C=O) groups is 1. The third-order valence-electron chi connectivity index (χ3n) is 6.75. The van der Waals surface area contributed by atoms with Crippen LogP contribution in [0.1, 0.15) is 44.9 Å². The Morgan fingerprint density at radius 1 is 1.05 bits per heavy atom. The van der Waals surface area contributed by atoms with Crippen molar-refractivity contribution in [2.45, 2.75) is 57.1 Å². The maximum absolute atomic E-state index is 12.6. The van der Waals surface area contributed by atoms with E-state index < -0.39 is 0 Å². The van der Waals surface area contributed by atoms with E-state index in [1.54, 1.807) is 0 Å². The molecular weight excluding hydrogens is 276 g/mol. The summed E-state index contributed by atoms with van der Waals surface area (Å²) in [5.41, 5.74) is 0. The second-order valence-electron chi connectivity index (χ2n) is 8.19. The second kappa shape index (κ2) is 6.12. The molecule has 1 N–H and O–H groups in total. The highest BCUT2D eigenvalue weighted by atomic mass is 16.5. The van der Waals surface area contributed by atoms with Crippen molar-refractivity contribution in [2.75, 3.05) is 26.7 Å². The molecule has 22 heavy (non-hydrogen) atoms. The third-order valence-corrected chi connectivity index (χ3v) is 6.75. The summed E-state index contributed by atoms with van der Waals surface area (Å²) in [6.45, 7) is 2.32. The van der Waals surface area contributed by atoms with Crippen molar-refractivity contribution < 1.29 is 9.53 Å². The van der Waals surface area contributed by atoms with Gasteiger partial charge in [0.15, 0.2) is 0 Å². The first-order chi connectivity index (χ1) is 10.7. The molecule has 4 saturated carbocycles. The average molecular weight is 306 g/mol. The van der Waals surface area contributed by atoms with Gasteiger partial charge in [0.05, 0.1) is 6.10 Å². The van der Waals surface area contributed by atoms with Crippen LogP contribution in [-0.4, -0.2) is 49.7 Å². The largest absolute Gasteiger partial charge is 0.368 e. The van der Waals surface area contributed by atoms with Crippen LogP contribution < -0.4 is 5.32 Å². The number of nitrogens with one attached hydrogen (secondary N) is 1. The molecule has 0 radical (unpaired) electrons.